The SMILES string of the molecule is Cc1c(F)ccc(F)c1C(C)C(N)C(=O)O. The average Bonchev–Trinajstić information content (AvgIpc) is 2.22. The molecule has 0 heterocycles. The van der Waals surface area contributed by atoms with Gasteiger partial charge in [-0.3, -0.25) is 4.79 Å². The molecule has 0 aliphatic rings. The number of halogens is 2. The highest BCUT2D eigenvalue weighted by Gasteiger charge is 2.26. The summed E-state index contributed by atoms with van der Waals surface area (Å²) in [7, 11) is 0. The molecule has 0 saturated carbocycles. The van der Waals surface area contributed by atoms with Crippen LogP contribution in [0.2, 0.25) is 0 Å². The molecule has 0 fully saturated rings. The maximum absolute atomic E-state index is 13.5. The lowest BCUT2D eigenvalue weighted by Gasteiger charge is -2.19. The molecule has 0 amide bonds. The Morgan fingerprint density at radius 1 is 1.38 bits per heavy atom. The molecular weight excluding hydrogens is 216 g/mol. The van der Waals surface area contributed by atoms with Crippen LogP contribution in [0, 0.1) is 18.6 Å². The van der Waals surface area contributed by atoms with Gasteiger partial charge in [0.2, 0.25) is 0 Å². The Kier molecular flexibility index (Phi) is 3.59. The number of rotatable bonds is 3. The smallest absolute Gasteiger partial charge is 0.321 e. The standard InChI is InChI=1S/C11H13F2NO2/c1-5-7(12)3-4-8(13)9(5)6(2)10(14)11(15)16/h3-4,6,10H,14H2,1-2H3,(H,15,16). The quantitative estimate of drug-likeness (QED) is 0.830. The second-order valence-electron chi connectivity index (χ2n) is 3.72. The minimum atomic E-state index is -1.25. The Morgan fingerprint density at radius 3 is 2.38 bits per heavy atom. The second kappa shape index (κ2) is 4.57. The Bertz CT molecular complexity index is 421. The van der Waals surface area contributed by atoms with Crippen molar-refractivity contribution < 1.29 is 18.7 Å². The van der Waals surface area contributed by atoms with Crippen molar-refractivity contribution in [1.82, 2.24) is 0 Å². The number of carbonyl (C=O) groups is 1. The first-order valence-corrected chi connectivity index (χ1v) is 4.79. The molecule has 1 aromatic rings. The fourth-order valence-corrected chi connectivity index (χ4v) is 1.62. The summed E-state index contributed by atoms with van der Waals surface area (Å²) in [4.78, 5) is 10.7. The monoisotopic (exact) mass is 229 g/mol. The predicted molar refractivity (Wildman–Crippen MR) is 55.1 cm³/mol. The molecule has 3 N–H and O–H groups in total. The minimum Gasteiger partial charge on any atom is -0.480 e. The summed E-state index contributed by atoms with van der Waals surface area (Å²) in [5.74, 6) is -3.23. The van der Waals surface area contributed by atoms with Crippen molar-refractivity contribution in [3.63, 3.8) is 0 Å². The van der Waals surface area contributed by atoms with E-state index in [9.17, 15) is 13.6 Å². The van der Waals surface area contributed by atoms with Crippen LogP contribution in [0.15, 0.2) is 12.1 Å². The topological polar surface area (TPSA) is 63.3 Å². The van der Waals surface area contributed by atoms with Crippen LogP contribution in [0.4, 0.5) is 8.78 Å². The van der Waals surface area contributed by atoms with Gasteiger partial charge < -0.3 is 10.8 Å². The third kappa shape index (κ3) is 2.19. The molecule has 2 unspecified atom stereocenters. The maximum Gasteiger partial charge on any atom is 0.321 e. The van der Waals surface area contributed by atoms with Crippen LogP contribution in [-0.4, -0.2) is 17.1 Å². The second-order valence-corrected chi connectivity index (χ2v) is 3.72. The summed E-state index contributed by atoms with van der Waals surface area (Å²) >= 11 is 0. The van der Waals surface area contributed by atoms with Crippen molar-refractivity contribution in [2.75, 3.05) is 0 Å². The van der Waals surface area contributed by atoms with Crippen LogP contribution in [0.3, 0.4) is 0 Å². The van der Waals surface area contributed by atoms with Crippen LogP contribution >= 0.6 is 0 Å². The summed E-state index contributed by atoms with van der Waals surface area (Å²) in [6, 6.07) is 0.727. The zero-order valence-electron chi connectivity index (χ0n) is 9.00. The van der Waals surface area contributed by atoms with Crippen molar-refractivity contribution in [2.24, 2.45) is 5.73 Å². The van der Waals surface area contributed by atoms with Gasteiger partial charge in [-0.15, -0.1) is 0 Å². The van der Waals surface area contributed by atoms with Crippen LogP contribution in [0.1, 0.15) is 24.0 Å². The van der Waals surface area contributed by atoms with Crippen molar-refractivity contribution in [2.45, 2.75) is 25.8 Å². The highest BCUT2D eigenvalue weighted by atomic mass is 19.1. The number of benzene rings is 1. The number of aliphatic carboxylic acids is 1. The molecule has 88 valence electrons. The van der Waals surface area contributed by atoms with Crippen LogP contribution < -0.4 is 5.73 Å². The van der Waals surface area contributed by atoms with Gasteiger partial charge in [0.05, 0.1) is 0 Å². The lowest BCUT2D eigenvalue weighted by atomic mass is 9.90. The molecule has 0 saturated heterocycles. The van der Waals surface area contributed by atoms with E-state index in [0.717, 1.165) is 12.1 Å². The van der Waals surface area contributed by atoms with E-state index in [4.69, 9.17) is 10.8 Å². The van der Waals surface area contributed by atoms with Gasteiger partial charge in [0.1, 0.15) is 17.7 Å². The summed E-state index contributed by atoms with van der Waals surface area (Å²) < 4.78 is 26.7. The molecule has 1 rings (SSSR count). The summed E-state index contributed by atoms with van der Waals surface area (Å²) in [5.41, 5.74) is 5.52. The van der Waals surface area contributed by atoms with Gasteiger partial charge in [0.15, 0.2) is 0 Å². The minimum absolute atomic E-state index is 0.0231. The molecule has 0 aliphatic carbocycles. The lowest BCUT2D eigenvalue weighted by Crippen LogP contribution is -2.36. The number of carboxylic acid groups (broad SMARTS) is 1. The molecule has 0 spiro atoms. The van der Waals surface area contributed by atoms with E-state index in [1.807, 2.05) is 0 Å². The molecule has 2 atom stereocenters. The van der Waals surface area contributed by atoms with Gasteiger partial charge in [0.25, 0.3) is 0 Å². The van der Waals surface area contributed by atoms with Gasteiger partial charge >= 0.3 is 5.97 Å². The molecule has 0 aliphatic heterocycles. The largest absolute Gasteiger partial charge is 0.480 e. The number of hydrogen-bond donors (Lipinski definition) is 2. The zero-order valence-corrected chi connectivity index (χ0v) is 9.00. The molecular formula is C11H13F2NO2. The lowest BCUT2D eigenvalue weighted by molar-refractivity contribution is -0.139. The molecule has 5 heteroatoms. The van der Waals surface area contributed by atoms with Gasteiger partial charge in [0, 0.05) is 5.92 Å². The molecule has 16 heavy (non-hydrogen) atoms. The van der Waals surface area contributed by atoms with E-state index >= 15 is 0 Å². The van der Waals surface area contributed by atoms with E-state index in [-0.39, 0.29) is 11.1 Å². The van der Waals surface area contributed by atoms with E-state index in [0.29, 0.717) is 0 Å². The Hall–Kier alpha value is -1.49. The molecule has 3 nitrogen and oxygen atoms in total. The summed E-state index contributed by atoms with van der Waals surface area (Å²) in [6.07, 6.45) is 0. The highest BCUT2D eigenvalue weighted by molar-refractivity contribution is 5.74. The van der Waals surface area contributed by atoms with Crippen molar-refractivity contribution in [3.8, 4) is 0 Å². The number of carboxylic acids is 1. The van der Waals surface area contributed by atoms with Crippen LogP contribution in [0.25, 0.3) is 0 Å². The van der Waals surface area contributed by atoms with E-state index in [1.54, 1.807) is 0 Å². The maximum atomic E-state index is 13.5. The average molecular weight is 229 g/mol. The molecule has 0 radical (unpaired) electrons. The predicted octanol–water partition coefficient (Wildman–Crippen LogP) is 1.79. The molecule has 0 aromatic heterocycles. The summed E-state index contributed by atoms with van der Waals surface area (Å²) in [5, 5.41) is 8.72. The third-order valence-electron chi connectivity index (χ3n) is 2.67. The Labute approximate surface area is 91.9 Å². The van der Waals surface area contributed by atoms with Gasteiger partial charge in [-0.25, -0.2) is 8.78 Å². The Morgan fingerprint density at radius 2 is 1.88 bits per heavy atom. The van der Waals surface area contributed by atoms with Crippen LogP contribution in [0.5, 0.6) is 0 Å². The number of hydrogen-bond acceptors (Lipinski definition) is 2. The first-order valence-electron chi connectivity index (χ1n) is 4.79. The first kappa shape index (κ1) is 12.6. The molecule has 0 bridgehead atoms. The third-order valence-corrected chi connectivity index (χ3v) is 2.67. The fourth-order valence-electron chi connectivity index (χ4n) is 1.62. The number of nitrogens with two attached hydrogens (primary N) is 1. The van der Waals surface area contributed by atoms with Gasteiger partial charge in [-0.2, -0.15) is 0 Å². The Balaban J connectivity index is 3.22. The summed E-state index contributed by atoms with van der Waals surface area (Å²) in [6.45, 7) is 2.86. The molecule has 1 aromatic carbocycles. The van der Waals surface area contributed by atoms with Crippen molar-refractivity contribution >= 4 is 5.97 Å². The fraction of sp³-hybridized carbons (Fsp3) is 0.364. The van der Waals surface area contributed by atoms with Gasteiger partial charge in [-0.05, 0) is 30.2 Å². The van der Waals surface area contributed by atoms with Crippen LogP contribution in [-0.2, 0) is 4.79 Å². The normalized spacial score (nSPS) is 14.6. The zero-order chi connectivity index (χ0) is 12.5. The van der Waals surface area contributed by atoms with Crippen molar-refractivity contribution in [3.05, 3.63) is 34.9 Å². The van der Waals surface area contributed by atoms with Crippen molar-refractivity contribution in [1.29, 1.82) is 0 Å². The van der Waals surface area contributed by atoms with E-state index in [1.165, 1.54) is 13.8 Å². The first-order chi connectivity index (χ1) is 7.36. The highest BCUT2D eigenvalue weighted by Crippen LogP contribution is 2.26. The van der Waals surface area contributed by atoms with E-state index < -0.39 is 29.6 Å². The van der Waals surface area contributed by atoms with E-state index in [2.05, 4.69) is 0 Å². The van der Waals surface area contributed by atoms with Gasteiger partial charge in [-0.1, -0.05) is 6.92 Å².